The molecule has 0 bridgehead atoms. The second-order valence-electron chi connectivity index (χ2n) is 4.77. The van der Waals surface area contributed by atoms with Gasteiger partial charge in [-0.2, -0.15) is 11.3 Å². The van der Waals surface area contributed by atoms with E-state index in [1.807, 2.05) is 41.1 Å². The molecule has 108 valence electrons. The summed E-state index contributed by atoms with van der Waals surface area (Å²) in [4.78, 5) is 12.0. The molecule has 0 fully saturated rings. The van der Waals surface area contributed by atoms with Gasteiger partial charge in [0.15, 0.2) is 5.76 Å². The highest BCUT2D eigenvalue weighted by Gasteiger charge is 2.13. The molecule has 3 rings (SSSR count). The summed E-state index contributed by atoms with van der Waals surface area (Å²) >= 11 is 1.54. The van der Waals surface area contributed by atoms with Gasteiger partial charge < -0.3 is 14.8 Å². The first kappa shape index (κ1) is 13.9. The summed E-state index contributed by atoms with van der Waals surface area (Å²) in [6.07, 6.45) is -0.0740. The quantitative estimate of drug-likeness (QED) is 0.759. The lowest BCUT2D eigenvalue weighted by molar-refractivity contribution is 0.0917. The van der Waals surface area contributed by atoms with E-state index < -0.39 is 6.10 Å². The third kappa shape index (κ3) is 3.15. The number of rotatable bonds is 5. The van der Waals surface area contributed by atoms with Crippen molar-refractivity contribution in [2.75, 3.05) is 6.54 Å². The van der Waals surface area contributed by atoms with Crippen molar-refractivity contribution in [2.45, 2.75) is 12.5 Å². The Morgan fingerprint density at radius 2 is 2.19 bits per heavy atom. The van der Waals surface area contributed by atoms with E-state index in [4.69, 9.17) is 4.42 Å². The SMILES string of the molecule is O=C(NCCC(O)c1ccsc1)c1cc2ccccc2o1. The number of aliphatic hydroxyl groups excluding tert-OH is 1. The first-order valence-corrected chi connectivity index (χ1v) is 7.65. The number of carbonyl (C=O) groups excluding carboxylic acids is 1. The fourth-order valence-corrected chi connectivity index (χ4v) is 2.84. The lowest BCUT2D eigenvalue weighted by atomic mass is 10.1. The highest BCUT2D eigenvalue weighted by Crippen LogP contribution is 2.20. The molecule has 2 N–H and O–H groups in total. The van der Waals surface area contributed by atoms with Crippen molar-refractivity contribution in [3.05, 3.63) is 58.5 Å². The molecule has 1 atom stereocenters. The summed E-state index contributed by atoms with van der Waals surface area (Å²) < 4.78 is 5.49. The summed E-state index contributed by atoms with van der Waals surface area (Å²) in [6, 6.07) is 11.1. The second kappa shape index (κ2) is 6.11. The highest BCUT2D eigenvalue weighted by molar-refractivity contribution is 7.07. The van der Waals surface area contributed by atoms with Crippen molar-refractivity contribution in [3.8, 4) is 0 Å². The minimum atomic E-state index is -0.549. The van der Waals surface area contributed by atoms with E-state index in [2.05, 4.69) is 5.32 Å². The number of benzene rings is 1. The molecule has 0 saturated heterocycles. The van der Waals surface area contributed by atoms with Crippen LogP contribution in [0, 0.1) is 0 Å². The van der Waals surface area contributed by atoms with Gasteiger partial charge >= 0.3 is 0 Å². The van der Waals surface area contributed by atoms with Crippen LogP contribution >= 0.6 is 11.3 Å². The predicted octanol–water partition coefficient (Wildman–Crippen LogP) is 3.35. The molecule has 0 aliphatic carbocycles. The molecule has 0 spiro atoms. The fourth-order valence-electron chi connectivity index (χ4n) is 2.13. The van der Waals surface area contributed by atoms with Crippen LogP contribution in [0.15, 0.2) is 51.6 Å². The van der Waals surface area contributed by atoms with Crippen LogP contribution in [0.1, 0.15) is 28.6 Å². The van der Waals surface area contributed by atoms with Gasteiger partial charge in [-0.05, 0) is 40.9 Å². The number of fused-ring (bicyclic) bond motifs is 1. The molecule has 3 aromatic rings. The number of hydrogen-bond acceptors (Lipinski definition) is 4. The first-order chi connectivity index (χ1) is 10.2. The fraction of sp³-hybridized carbons (Fsp3) is 0.188. The van der Waals surface area contributed by atoms with Crippen molar-refractivity contribution in [1.29, 1.82) is 0 Å². The van der Waals surface area contributed by atoms with Gasteiger partial charge in [0.25, 0.3) is 5.91 Å². The monoisotopic (exact) mass is 301 g/mol. The number of para-hydroxylation sites is 1. The van der Waals surface area contributed by atoms with Gasteiger partial charge in [0, 0.05) is 11.9 Å². The molecule has 0 saturated carbocycles. The number of nitrogens with one attached hydrogen (secondary N) is 1. The molecule has 0 radical (unpaired) electrons. The Balaban J connectivity index is 1.56. The maximum absolute atomic E-state index is 12.0. The van der Waals surface area contributed by atoms with E-state index in [-0.39, 0.29) is 5.91 Å². The molecule has 1 unspecified atom stereocenters. The van der Waals surface area contributed by atoms with Crippen LogP contribution in [0.5, 0.6) is 0 Å². The zero-order valence-electron chi connectivity index (χ0n) is 11.3. The second-order valence-corrected chi connectivity index (χ2v) is 5.55. The van der Waals surface area contributed by atoms with Crippen LogP contribution in [0.25, 0.3) is 11.0 Å². The van der Waals surface area contributed by atoms with E-state index in [0.717, 1.165) is 10.9 Å². The van der Waals surface area contributed by atoms with Crippen molar-refractivity contribution in [2.24, 2.45) is 0 Å². The molecule has 21 heavy (non-hydrogen) atoms. The lowest BCUT2D eigenvalue weighted by Crippen LogP contribution is -2.25. The standard InChI is InChI=1S/C16H15NO3S/c18-13(12-6-8-21-10-12)5-7-17-16(19)15-9-11-3-1-2-4-14(11)20-15/h1-4,6,8-10,13,18H,5,7H2,(H,17,19). The largest absolute Gasteiger partial charge is 0.451 e. The van der Waals surface area contributed by atoms with Gasteiger partial charge in [-0.3, -0.25) is 4.79 Å². The number of amides is 1. The van der Waals surface area contributed by atoms with E-state index in [0.29, 0.717) is 24.3 Å². The van der Waals surface area contributed by atoms with Crippen LogP contribution < -0.4 is 5.32 Å². The average molecular weight is 301 g/mol. The molecule has 5 heteroatoms. The minimum Gasteiger partial charge on any atom is -0.451 e. The molecular weight excluding hydrogens is 286 g/mol. The molecule has 1 amide bonds. The van der Waals surface area contributed by atoms with Crippen LogP contribution in [-0.2, 0) is 0 Å². The van der Waals surface area contributed by atoms with Gasteiger partial charge in [-0.25, -0.2) is 0 Å². The number of furan rings is 1. The Kier molecular flexibility index (Phi) is 4.03. The smallest absolute Gasteiger partial charge is 0.287 e. The van der Waals surface area contributed by atoms with Gasteiger partial charge in [-0.1, -0.05) is 18.2 Å². The van der Waals surface area contributed by atoms with Crippen LogP contribution in [-0.4, -0.2) is 17.6 Å². The molecular formula is C16H15NO3S. The molecule has 2 heterocycles. The average Bonchev–Trinajstić information content (AvgIpc) is 3.16. The Labute approximate surface area is 126 Å². The Hall–Kier alpha value is -2.11. The zero-order chi connectivity index (χ0) is 14.7. The summed E-state index contributed by atoms with van der Waals surface area (Å²) in [7, 11) is 0. The molecule has 0 aliphatic heterocycles. The highest BCUT2D eigenvalue weighted by atomic mass is 32.1. The maximum atomic E-state index is 12.0. The Morgan fingerprint density at radius 1 is 1.33 bits per heavy atom. The van der Waals surface area contributed by atoms with Gasteiger partial charge in [0.2, 0.25) is 0 Å². The first-order valence-electron chi connectivity index (χ1n) is 6.71. The van der Waals surface area contributed by atoms with Gasteiger partial charge in [0.05, 0.1) is 6.10 Å². The minimum absolute atomic E-state index is 0.260. The molecule has 0 aliphatic rings. The predicted molar refractivity (Wildman–Crippen MR) is 82.4 cm³/mol. The number of carbonyl (C=O) groups is 1. The zero-order valence-corrected chi connectivity index (χ0v) is 12.1. The van der Waals surface area contributed by atoms with E-state index in [1.165, 1.54) is 0 Å². The Morgan fingerprint density at radius 3 is 2.95 bits per heavy atom. The van der Waals surface area contributed by atoms with E-state index in [9.17, 15) is 9.90 Å². The van der Waals surface area contributed by atoms with Gasteiger partial charge in [-0.15, -0.1) is 0 Å². The summed E-state index contributed by atoms with van der Waals surface area (Å²) in [5.74, 6) is 0.0324. The molecule has 4 nitrogen and oxygen atoms in total. The van der Waals surface area contributed by atoms with Crippen molar-refractivity contribution >= 4 is 28.2 Å². The normalized spacial score (nSPS) is 12.4. The lowest BCUT2D eigenvalue weighted by Gasteiger charge is -2.09. The third-order valence-electron chi connectivity index (χ3n) is 3.28. The topological polar surface area (TPSA) is 62.5 Å². The summed E-state index contributed by atoms with van der Waals surface area (Å²) in [5.41, 5.74) is 1.58. The summed E-state index contributed by atoms with van der Waals surface area (Å²) in [5, 5.41) is 17.4. The van der Waals surface area contributed by atoms with Crippen LogP contribution in [0.2, 0.25) is 0 Å². The van der Waals surface area contributed by atoms with Crippen molar-refractivity contribution in [1.82, 2.24) is 5.32 Å². The number of thiophene rings is 1. The van der Waals surface area contributed by atoms with Crippen molar-refractivity contribution < 1.29 is 14.3 Å². The van der Waals surface area contributed by atoms with Crippen LogP contribution in [0.4, 0.5) is 0 Å². The van der Waals surface area contributed by atoms with E-state index in [1.54, 1.807) is 17.4 Å². The molecule has 1 aromatic carbocycles. The Bertz CT molecular complexity index is 700. The third-order valence-corrected chi connectivity index (χ3v) is 3.98. The summed E-state index contributed by atoms with van der Waals surface area (Å²) in [6.45, 7) is 0.396. The van der Waals surface area contributed by atoms with Gasteiger partial charge in [0.1, 0.15) is 5.58 Å². The molecule has 2 aromatic heterocycles. The maximum Gasteiger partial charge on any atom is 0.287 e. The van der Waals surface area contributed by atoms with Crippen molar-refractivity contribution in [3.63, 3.8) is 0 Å². The van der Waals surface area contributed by atoms with Crippen LogP contribution in [0.3, 0.4) is 0 Å². The number of hydrogen-bond donors (Lipinski definition) is 2. The van der Waals surface area contributed by atoms with E-state index >= 15 is 0 Å². The number of aliphatic hydroxyl groups is 1.